The van der Waals surface area contributed by atoms with Crippen molar-refractivity contribution >= 4 is 22.8 Å². The Balaban J connectivity index is 1.92. The van der Waals surface area contributed by atoms with Gasteiger partial charge in [-0.3, -0.25) is 9.36 Å². The summed E-state index contributed by atoms with van der Waals surface area (Å²) in [5.41, 5.74) is 4.08. The van der Waals surface area contributed by atoms with Crippen LogP contribution >= 0.6 is 11.8 Å². The highest BCUT2D eigenvalue weighted by molar-refractivity contribution is 7.99. The molecule has 5 nitrogen and oxygen atoms in total. The zero-order valence-corrected chi connectivity index (χ0v) is 17.9. The van der Waals surface area contributed by atoms with Crippen LogP contribution in [-0.4, -0.2) is 25.9 Å². The molecule has 0 radical (unpaired) electrons. The molecule has 0 amide bonds. The summed E-state index contributed by atoms with van der Waals surface area (Å²) in [5, 5.41) is 1.15. The summed E-state index contributed by atoms with van der Waals surface area (Å²) in [4.78, 5) is 23.0. The van der Waals surface area contributed by atoms with E-state index in [0.717, 1.165) is 35.3 Å². The first-order valence-corrected chi connectivity index (χ1v) is 10.8. The maximum absolute atomic E-state index is 13.5. The Morgan fingerprint density at radius 2 is 2.07 bits per heavy atom. The molecule has 1 aliphatic heterocycles. The fourth-order valence-electron chi connectivity index (χ4n) is 3.49. The average Bonchev–Trinajstić information content (AvgIpc) is 2.72. The second-order valence-corrected chi connectivity index (χ2v) is 8.69. The van der Waals surface area contributed by atoms with Crippen molar-refractivity contribution in [1.29, 1.82) is 0 Å². The van der Waals surface area contributed by atoms with E-state index in [4.69, 9.17) is 14.7 Å². The van der Waals surface area contributed by atoms with E-state index >= 15 is 0 Å². The lowest BCUT2D eigenvalue weighted by Crippen LogP contribution is -2.35. The molecule has 1 aromatic carbocycles. The molecule has 0 saturated heterocycles. The Kier molecular flexibility index (Phi) is 5.32. The minimum absolute atomic E-state index is 0.107. The highest BCUT2D eigenvalue weighted by Gasteiger charge is 2.31. The molecule has 0 aliphatic carbocycles. The van der Waals surface area contributed by atoms with E-state index in [1.165, 1.54) is 11.8 Å². The van der Waals surface area contributed by atoms with Crippen LogP contribution in [0.5, 0.6) is 0 Å². The Hall–Kier alpha value is -2.44. The smallest absolute Gasteiger partial charge is 0.268 e. The number of rotatable bonds is 5. The molecule has 0 fully saturated rings. The van der Waals surface area contributed by atoms with E-state index in [1.54, 1.807) is 4.57 Å². The highest BCUT2D eigenvalue weighted by Crippen LogP contribution is 2.31. The molecule has 29 heavy (non-hydrogen) atoms. The molecule has 0 bridgehead atoms. The molecular weight excluding hydrogens is 382 g/mol. The molecule has 0 saturated carbocycles. The van der Waals surface area contributed by atoms with E-state index in [9.17, 15) is 4.79 Å². The predicted molar refractivity (Wildman–Crippen MR) is 118 cm³/mol. The van der Waals surface area contributed by atoms with Crippen molar-refractivity contribution in [3.05, 3.63) is 70.2 Å². The van der Waals surface area contributed by atoms with Crippen LogP contribution in [0.25, 0.3) is 16.7 Å². The first-order chi connectivity index (χ1) is 13.9. The third-order valence-corrected chi connectivity index (χ3v) is 6.42. The van der Waals surface area contributed by atoms with Gasteiger partial charge in [0.25, 0.3) is 5.56 Å². The van der Waals surface area contributed by atoms with Crippen molar-refractivity contribution in [3.63, 3.8) is 0 Å². The topological polar surface area (TPSA) is 57.0 Å². The van der Waals surface area contributed by atoms with Crippen molar-refractivity contribution in [3.8, 4) is 5.69 Å². The van der Waals surface area contributed by atoms with E-state index in [0.29, 0.717) is 28.5 Å². The Labute approximate surface area is 174 Å². The van der Waals surface area contributed by atoms with E-state index in [2.05, 4.69) is 20.4 Å². The Bertz CT molecular complexity index is 1140. The molecule has 2 aromatic heterocycles. The molecule has 3 heterocycles. The van der Waals surface area contributed by atoms with Crippen molar-refractivity contribution < 1.29 is 4.74 Å². The summed E-state index contributed by atoms with van der Waals surface area (Å²) in [6.07, 6.45) is 3.45. The van der Waals surface area contributed by atoms with Gasteiger partial charge in [0, 0.05) is 17.7 Å². The molecule has 6 heteroatoms. The maximum atomic E-state index is 13.5. The molecule has 0 N–H and O–H groups in total. The zero-order valence-electron chi connectivity index (χ0n) is 17.1. The summed E-state index contributed by atoms with van der Waals surface area (Å²) in [5.74, 6) is 0.663. The van der Waals surface area contributed by atoms with Gasteiger partial charge >= 0.3 is 0 Å². The largest absolute Gasteiger partial charge is 0.370 e. The molecule has 0 spiro atoms. The van der Waals surface area contributed by atoms with Crippen LogP contribution in [0.1, 0.15) is 37.1 Å². The average molecular weight is 408 g/mol. The fourth-order valence-corrected chi connectivity index (χ4v) is 4.22. The van der Waals surface area contributed by atoms with Gasteiger partial charge in [-0.05, 0) is 38.5 Å². The van der Waals surface area contributed by atoms with Crippen LogP contribution in [0.3, 0.4) is 0 Å². The lowest BCUT2D eigenvalue weighted by Gasteiger charge is -2.33. The summed E-state index contributed by atoms with van der Waals surface area (Å²) >= 11 is 1.49. The van der Waals surface area contributed by atoms with Gasteiger partial charge in [-0.25, -0.2) is 9.97 Å². The van der Waals surface area contributed by atoms with E-state index in [-0.39, 0.29) is 11.2 Å². The quantitative estimate of drug-likeness (QED) is 0.351. The van der Waals surface area contributed by atoms with Gasteiger partial charge in [0.1, 0.15) is 0 Å². The van der Waals surface area contributed by atoms with Crippen molar-refractivity contribution in [2.24, 2.45) is 0 Å². The van der Waals surface area contributed by atoms with Gasteiger partial charge < -0.3 is 4.74 Å². The molecule has 4 rings (SSSR count). The van der Waals surface area contributed by atoms with Gasteiger partial charge in [0.15, 0.2) is 10.8 Å². The van der Waals surface area contributed by atoms with Gasteiger partial charge in [-0.15, -0.1) is 6.58 Å². The summed E-state index contributed by atoms with van der Waals surface area (Å²) in [6, 6.07) is 9.81. The first-order valence-electron chi connectivity index (χ1n) is 9.84. The van der Waals surface area contributed by atoms with Crippen LogP contribution in [0, 0.1) is 6.92 Å². The van der Waals surface area contributed by atoms with Gasteiger partial charge in [0.2, 0.25) is 0 Å². The standard InChI is InChI=1S/C23H25N3O2S/c1-5-11-29-22-25-20-18(21(27)26(22)17-9-7-15(3)8-10-17)12-16-14-28-23(4,6-2)13-19(16)24-20/h5,7-10,12H,1,6,11,13-14H2,2-4H3/t23-/m1/s1. The maximum Gasteiger partial charge on any atom is 0.268 e. The number of aryl methyl sites for hydroxylation is 1. The van der Waals surface area contributed by atoms with Crippen molar-refractivity contribution in [1.82, 2.24) is 14.5 Å². The van der Waals surface area contributed by atoms with Crippen molar-refractivity contribution in [2.75, 3.05) is 5.75 Å². The third kappa shape index (κ3) is 3.74. The minimum atomic E-state index is -0.217. The van der Waals surface area contributed by atoms with Crippen molar-refractivity contribution in [2.45, 2.75) is 51.0 Å². The predicted octanol–water partition coefficient (Wildman–Crippen LogP) is 4.61. The number of fused-ring (bicyclic) bond motifs is 2. The van der Waals surface area contributed by atoms with Crippen LogP contribution in [0.15, 0.2) is 52.9 Å². The molecule has 1 aliphatic rings. The second-order valence-electron chi connectivity index (χ2n) is 7.70. The molecule has 150 valence electrons. The molecule has 0 unspecified atom stereocenters. The third-order valence-electron chi connectivity index (χ3n) is 5.49. The number of thioether (sulfide) groups is 1. The Morgan fingerprint density at radius 3 is 2.76 bits per heavy atom. The number of hydrogen-bond donors (Lipinski definition) is 0. The van der Waals surface area contributed by atoms with Gasteiger partial charge in [-0.1, -0.05) is 42.5 Å². The van der Waals surface area contributed by atoms with E-state index in [1.807, 2.05) is 43.3 Å². The van der Waals surface area contributed by atoms with Crippen LogP contribution in [-0.2, 0) is 17.8 Å². The molecular formula is C23H25N3O2S. The zero-order chi connectivity index (χ0) is 20.6. The molecule has 3 aromatic rings. The summed E-state index contributed by atoms with van der Waals surface area (Å²) < 4.78 is 7.72. The van der Waals surface area contributed by atoms with E-state index < -0.39 is 0 Å². The summed E-state index contributed by atoms with van der Waals surface area (Å²) in [6.45, 7) is 10.5. The SMILES string of the molecule is C=CCSc1nc2nc3c(cc2c(=O)n1-c1ccc(C)cc1)CO[C@](C)(CC)C3. The fraction of sp³-hybridized carbons (Fsp3) is 0.348. The number of ether oxygens (including phenoxy) is 1. The lowest BCUT2D eigenvalue weighted by atomic mass is 9.91. The highest BCUT2D eigenvalue weighted by atomic mass is 32.2. The van der Waals surface area contributed by atoms with Gasteiger partial charge in [-0.2, -0.15) is 0 Å². The molecule has 1 atom stereocenters. The Morgan fingerprint density at radius 1 is 1.31 bits per heavy atom. The number of pyridine rings is 1. The summed E-state index contributed by atoms with van der Waals surface area (Å²) in [7, 11) is 0. The second kappa shape index (κ2) is 7.76. The minimum Gasteiger partial charge on any atom is -0.370 e. The van der Waals surface area contributed by atoms with Crippen LogP contribution in [0.4, 0.5) is 0 Å². The monoisotopic (exact) mass is 407 g/mol. The lowest BCUT2D eigenvalue weighted by molar-refractivity contribution is -0.0573. The van der Waals surface area contributed by atoms with Crippen LogP contribution < -0.4 is 5.56 Å². The number of nitrogens with zero attached hydrogens (tertiary/aromatic N) is 3. The number of aromatic nitrogens is 3. The number of benzene rings is 1. The number of hydrogen-bond acceptors (Lipinski definition) is 5. The van der Waals surface area contributed by atoms with Crippen LogP contribution in [0.2, 0.25) is 0 Å². The van der Waals surface area contributed by atoms with Gasteiger partial charge in [0.05, 0.1) is 29.0 Å². The first kappa shape index (κ1) is 19.9. The normalized spacial score (nSPS) is 18.6.